The molecule has 8 nitrogen and oxygen atoms in total. The van der Waals surface area contributed by atoms with Crippen molar-refractivity contribution in [2.45, 2.75) is 18.7 Å². The molecule has 0 bridgehead atoms. The summed E-state index contributed by atoms with van der Waals surface area (Å²) in [5.74, 6) is 0.00332. The van der Waals surface area contributed by atoms with Gasteiger partial charge in [-0.3, -0.25) is 9.48 Å². The van der Waals surface area contributed by atoms with Gasteiger partial charge in [-0.25, -0.2) is 8.42 Å². The third-order valence-electron chi connectivity index (χ3n) is 3.34. The topological polar surface area (TPSA) is 103 Å². The Kier molecular flexibility index (Phi) is 6.61. The number of anilines is 1. The van der Waals surface area contributed by atoms with Gasteiger partial charge in [0.1, 0.15) is 6.61 Å². The summed E-state index contributed by atoms with van der Waals surface area (Å²) in [6.45, 7) is 4.21. The van der Waals surface area contributed by atoms with Crippen molar-refractivity contribution in [1.82, 2.24) is 9.78 Å². The number of nitrogens with zero attached hydrogens (tertiary/aromatic N) is 3. The van der Waals surface area contributed by atoms with Crippen LogP contribution in [-0.4, -0.2) is 42.7 Å². The quantitative estimate of drug-likeness (QED) is 0.556. The number of oxime groups is 1. The van der Waals surface area contributed by atoms with E-state index in [4.69, 9.17) is 16.4 Å². The largest absolute Gasteiger partial charge is 0.395 e. The zero-order valence-electron chi connectivity index (χ0n) is 15.4. The first-order chi connectivity index (χ1) is 12.6. The lowest BCUT2D eigenvalue weighted by Gasteiger charge is -2.10. The number of aryl methyl sites for hydroxylation is 1. The minimum absolute atomic E-state index is 0.00260. The van der Waals surface area contributed by atoms with Gasteiger partial charge < -0.3 is 10.2 Å². The number of carbonyl (C=O) groups excluding carboxylic acids is 1. The molecule has 0 atom stereocenters. The Labute approximate surface area is 163 Å². The van der Waals surface area contributed by atoms with E-state index >= 15 is 0 Å². The van der Waals surface area contributed by atoms with Gasteiger partial charge in [-0.2, -0.15) is 5.10 Å². The lowest BCUT2D eigenvalue weighted by molar-refractivity contribution is -0.110. The predicted octanol–water partition coefficient (Wildman–Crippen LogP) is 2.49. The first kappa shape index (κ1) is 20.9. The molecule has 0 fully saturated rings. The summed E-state index contributed by atoms with van der Waals surface area (Å²) in [6.07, 6.45) is 2.74. The minimum Gasteiger partial charge on any atom is -0.395 e. The highest BCUT2D eigenvalue weighted by Gasteiger charge is 2.20. The number of amides is 1. The van der Waals surface area contributed by atoms with Crippen LogP contribution in [0.5, 0.6) is 0 Å². The summed E-state index contributed by atoms with van der Waals surface area (Å²) in [6, 6.07) is 5.79. The number of aromatic nitrogens is 2. The molecule has 2 aromatic rings. The van der Waals surface area contributed by atoms with Crippen LogP contribution in [0.3, 0.4) is 0 Å². The molecule has 1 aromatic carbocycles. The summed E-state index contributed by atoms with van der Waals surface area (Å²) in [5.41, 5.74) is 0.285. The van der Waals surface area contributed by atoms with Crippen LogP contribution in [0.1, 0.15) is 19.4 Å². The molecule has 1 N–H and O–H groups in total. The van der Waals surface area contributed by atoms with Crippen LogP contribution in [0.25, 0.3) is 0 Å². The van der Waals surface area contributed by atoms with Crippen molar-refractivity contribution in [1.29, 1.82) is 0 Å². The molecule has 0 aliphatic rings. The molecule has 1 heterocycles. The number of nitrogens with one attached hydrogen (secondary N) is 1. The maximum atomic E-state index is 12.7. The summed E-state index contributed by atoms with van der Waals surface area (Å²) in [4.78, 5) is 17.9. The van der Waals surface area contributed by atoms with E-state index in [-0.39, 0.29) is 21.5 Å². The van der Waals surface area contributed by atoms with E-state index in [0.717, 1.165) is 6.26 Å². The highest BCUT2D eigenvalue weighted by atomic mass is 35.5. The normalized spacial score (nSPS) is 12.3. The number of carbonyl (C=O) groups is 1. The van der Waals surface area contributed by atoms with E-state index in [1.165, 1.54) is 18.2 Å². The molecule has 146 valence electrons. The van der Waals surface area contributed by atoms with Crippen molar-refractivity contribution < 1.29 is 18.0 Å². The second-order valence-corrected chi connectivity index (χ2v) is 8.77. The maximum Gasteiger partial charge on any atom is 0.279 e. The fourth-order valence-corrected chi connectivity index (χ4v) is 3.41. The van der Waals surface area contributed by atoms with Crippen LogP contribution in [0.2, 0.25) is 5.02 Å². The Bertz CT molecular complexity index is 967. The van der Waals surface area contributed by atoms with E-state index in [1.54, 1.807) is 24.0 Å². The van der Waals surface area contributed by atoms with E-state index in [1.807, 2.05) is 13.8 Å². The van der Waals surface area contributed by atoms with Crippen molar-refractivity contribution >= 4 is 38.9 Å². The van der Waals surface area contributed by atoms with Crippen molar-refractivity contribution in [3.8, 4) is 0 Å². The van der Waals surface area contributed by atoms with Gasteiger partial charge in [0.05, 0.1) is 9.92 Å². The third-order valence-corrected chi connectivity index (χ3v) is 4.92. The molecule has 0 saturated carbocycles. The van der Waals surface area contributed by atoms with Crippen LogP contribution in [-0.2, 0) is 26.5 Å². The standard InChI is InChI=1S/C17H21ClN4O4S/c1-11(2)10-26-21-16(17(23)19-15-7-8-22(3)20-15)12-5-6-14(13(18)9-12)27(4,24)25/h5-9,11H,10H2,1-4H3,(H,19,20,23)/b21-16+. The van der Waals surface area contributed by atoms with Gasteiger partial charge in [-0.05, 0) is 18.1 Å². The smallest absolute Gasteiger partial charge is 0.279 e. The SMILES string of the molecule is CC(C)CO/N=C(/C(=O)Nc1ccn(C)n1)c1ccc(S(C)(=O)=O)c(Cl)c1. The van der Waals surface area contributed by atoms with E-state index < -0.39 is 15.7 Å². The van der Waals surface area contributed by atoms with E-state index in [2.05, 4.69) is 15.6 Å². The van der Waals surface area contributed by atoms with Gasteiger partial charge in [0.15, 0.2) is 21.4 Å². The molecule has 2 rings (SSSR count). The van der Waals surface area contributed by atoms with E-state index in [9.17, 15) is 13.2 Å². The Balaban J connectivity index is 2.37. The zero-order chi connectivity index (χ0) is 20.2. The van der Waals surface area contributed by atoms with Gasteiger partial charge >= 0.3 is 0 Å². The first-order valence-corrected chi connectivity index (χ1v) is 10.4. The Morgan fingerprint density at radius 1 is 1.37 bits per heavy atom. The monoisotopic (exact) mass is 412 g/mol. The highest BCUT2D eigenvalue weighted by Crippen LogP contribution is 2.23. The van der Waals surface area contributed by atoms with E-state index in [0.29, 0.717) is 18.0 Å². The van der Waals surface area contributed by atoms with Crippen LogP contribution >= 0.6 is 11.6 Å². The molecule has 27 heavy (non-hydrogen) atoms. The number of halogens is 1. The van der Waals surface area contributed by atoms with Gasteiger partial charge in [0.25, 0.3) is 5.91 Å². The van der Waals surface area contributed by atoms with Crippen LogP contribution in [0.15, 0.2) is 40.5 Å². The molecule has 0 radical (unpaired) electrons. The number of hydrogen-bond donors (Lipinski definition) is 1. The number of hydrogen-bond acceptors (Lipinski definition) is 6. The number of rotatable bonds is 7. The second kappa shape index (κ2) is 8.53. The summed E-state index contributed by atoms with van der Waals surface area (Å²) >= 11 is 6.09. The average molecular weight is 413 g/mol. The second-order valence-electron chi connectivity index (χ2n) is 6.38. The predicted molar refractivity (Wildman–Crippen MR) is 104 cm³/mol. The molecular weight excluding hydrogens is 392 g/mol. The molecular formula is C17H21ClN4O4S. The maximum absolute atomic E-state index is 12.7. The highest BCUT2D eigenvalue weighted by molar-refractivity contribution is 7.90. The van der Waals surface area contributed by atoms with Crippen molar-refractivity contribution in [2.24, 2.45) is 18.1 Å². The summed E-state index contributed by atoms with van der Waals surface area (Å²) in [7, 11) is -1.76. The lowest BCUT2D eigenvalue weighted by atomic mass is 10.1. The van der Waals surface area contributed by atoms with Crippen molar-refractivity contribution in [3.05, 3.63) is 41.0 Å². The molecule has 0 saturated heterocycles. The zero-order valence-corrected chi connectivity index (χ0v) is 17.0. The molecule has 10 heteroatoms. The van der Waals surface area contributed by atoms with Gasteiger partial charge in [-0.15, -0.1) is 0 Å². The number of sulfone groups is 1. The van der Waals surface area contributed by atoms with Crippen LogP contribution < -0.4 is 5.32 Å². The molecule has 1 aromatic heterocycles. The molecule has 0 unspecified atom stereocenters. The fraction of sp³-hybridized carbons (Fsp3) is 0.353. The lowest BCUT2D eigenvalue weighted by Crippen LogP contribution is -2.25. The van der Waals surface area contributed by atoms with Gasteiger partial charge in [-0.1, -0.05) is 36.7 Å². The van der Waals surface area contributed by atoms with Gasteiger partial charge in [0, 0.05) is 31.1 Å². The summed E-state index contributed by atoms with van der Waals surface area (Å²) in [5, 5.41) is 10.6. The molecule has 0 aliphatic heterocycles. The van der Waals surface area contributed by atoms with Crippen molar-refractivity contribution in [2.75, 3.05) is 18.2 Å². The molecule has 0 spiro atoms. The Morgan fingerprint density at radius 3 is 2.59 bits per heavy atom. The average Bonchev–Trinajstić information content (AvgIpc) is 2.94. The van der Waals surface area contributed by atoms with Crippen LogP contribution in [0, 0.1) is 5.92 Å². The third kappa shape index (κ3) is 5.80. The molecule has 1 amide bonds. The first-order valence-electron chi connectivity index (χ1n) is 8.09. The number of benzene rings is 1. The van der Waals surface area contributed by atoms with Gasteiger partial charge in [0.2, 0.25) is 0 Å². The van der Waals surface area contributed by atoms with Crippen LogP contribution in [0.4, 0.5) is 5.82 Å². The fourth-order valence-electron chi connectivity index (χ4n) is 2.08. The Hall–Kier alpha value is -2.39. The Morgan fingerprint density at radius 2 is 2.07 bits per heavy atom. The summed E-state index contributed by atoms with van der Waals surface area (Å²) < 4.78 is 25.0. The minimum atomic E-state index is -3.49. The van der Waals surface area contributed by atoms with Crippen molar-refractivity contribution in [3.63, 3.8) is 0 Å². The molecule has 0 aliphatic carbocycles.